The predicted molar refractivity (Wildman–Crippen MR) is 73.5 cm³/mol. The molecule has 0 amide bonds. The fourth-order valence-electron chi connectivity index (χ4n) is 1.84. The number of rotatable bonds is 6. The number of aromatic nitrogens is 2. The Bertz CT molecular complexity index is 562. The molecule has 0 radical (unpaired) electrons. The monoisotopic (exact) mass is 280 g/mol. The number of hydrogen-bond acceptors (Lipinski definition) is 4. The highest BCUT2D eigenvalue weighted by atomic mass is 32.1. The van der Waals surface area contributed by atoms with Crippen LogP contribution in [0.5, 0.6) is 0 Å². The molecule has 6 heteroatoms. The number of nitrogens with zero attached hydrogens (tertiary/aromatic N) is 1. The summed E-state index contributed by atoms with van der Waals surface area (Å²) in [6.45, 7) is 2.10. The molecule has 0 saturated carbocycles. The van der Waals surface area contributed by atoms with Gasteiger partial charge in [-0.25, -0.2) is 9.78 Å². The first-order valence-corrected chi connectivity index (χ1v) is 6.94. The normalized spacial score (nSPS) is 12.5. The number of carbonyl (C=O) groups is 1. The second-order valence-electron chi connectivity index (χ2n) is 4.19. The van der Waals surface area contributed by atoms with Crippen molar-refractivity contribution in [2.45, 2.75) is 25.9 Å². The molecular weight excluding hydrogens is 264 g/mol. The maximum Gasteiger partial charge on any atom is 0.352 e. The lowest BCUT2D eigenvalue weighted by Crippen LogP contribution is -2.00. The highest BCUT2D eigenvalue weighted by molar-refractivity contribution is 7.10. The molecule has 0 spiro atoms. The molecule has 2 heterocycles. The molecule has 2 N–H and O–H groups in total. The minimum atomic E-state index is -0.970. The molecule has 19 heavy (non-hydrogen) atoms. The van der Waals surface area contributed by atoms with Crippen molar-refractivity contribution in [1.82, 2.24) is 9.97 Å². The van der Waals surface area contributed by atoms with Gasteiger partial charge in [-0.3, -0.25) is 0 Å². The number of H-pyrrole nitrogens is 1. The zero-order chi connectivity index (χ0) is 13.8. The van der Waals surface area contributed by atoms with Crippen LogP contribution >= 0.6 is 11.3 Å². The molecule has 0 aromatic carbocycles. The molecule has 0 saturated heterocycles. The van der Waals surface area contributed by atoms with Gasteiger partial charge in [-0.15, -0.1) is 11.3 Å². The average molecular weight is 280 g/mol. The van der Waals surface area contributed by atoms with Gasteiger partial charge in [0.2, 0.25) is 0 Å². The summed E-state index contributed by atoms with van der Waals surface area (Å²) < 4.78 is 5.42. The van der Waals surface area contributed by atoms with E-state index in [1.807, 2.05) is 5.38 Å². The van der Waals surface area contributed by atoms with Crippen LogP contribution in [0.25, 0.3) is 11.3 Å². The van der Waals surface area contributed by atoms with Crippen molar-refractivity contribution in [3.63, 3.8) is 0 Å². The number of carboxylic acids is 1. The SMILES string of the molecule is CCCC(OC)c1nc(-c2c[nH]c(C(=O)O)c2)cs1. The zero-order valence-electron chi connectivity index (χ0n) is 10.8. The van der Waals surface area contributed by atoms with Crippen molar-refractivity contribution in [2.75, 3.05) is 7.11 Å². The standard InChI is InChI=1S/C13H16N2O3S/c1-3-4-11(18-2)12-15-10(7-19-12)8-5-9(13(16)17)14-6-8/h5-7,11,14H,3-4H2,1-2H3,(H,16,17). The van der Waals surface area contributed by atoms with Crippen LogP contribution in [0.3, 0.4) is 0 Å². The number of aromatic amines is 1. The van der Waals surface area contributed by atoms with Gasteiger partial charge in [-0.05, 0) is 12.5 Å². The van der Waals surface area contributed by atoms with Crippen molar-refractivity contribution < 1.29 is 14.6 Å². The first kappa shape index (κ1) is 13.8. The maximum absolute atomic E-state index is 10.8. The molecule has 0 aliphatic carbocycles. The van der Waals surface area contributed by atoms with Crippen molar-refractivity contribution in [1.29, 1.82) is 0 Å². The largest absolute Gasteiger partial charge is 0.477 e. The third-order valence-corrected chi connectivity index (χ3v) is 3.78. The molecule has 0 fully saturated rings. The second-order valence-corrected chi connectivity index (χ2v) is 5.08. The van der Waals surface area contributed by atoms with Crippen LogP contribution in [0.4, 0.5) is 0 Å². The lowest BCUT2D eigenvalue weighted by Gasteiger charge is -2.10. The van der Waals surface area contributed by atoms with Crippen molar-refractivity contribution in [3.05, 3.63) is 28.3 Å². The van der Waals surface area contributed by atoms with Crippen LogP contribution in [0.1, 0.15) is 41.4 Å². The summed E-state index contributed by atoms with van der Waals surface area (Å²) in [5.74, 6) is -0.970. The lowest BCUT2D eigenvalue weighted by atomic mass is 10.2. The molecular formula is C13H16N2O3S. The Hall–Kier alpha value is -1.66. The van der Waals surface area contributed by atoms with Crippen molar-refractivity contribution in [3.8, 4) is 11.3 Å². The van der Waals surface area contributed by atoms with Crippen molar-refractivity contribution >= 4 is 17.3 Å². The topological polar surface area (TPSA) is 75.2 Å². The van der Waals surface area contributed by atoms with E-state index in [9.17, 15) is 4.79 Å². The van der Waals surface area contributed by atoms with Gasteiger partial charge < -0.3 is 14.8 Å². The van der Waals surface area contributed by atoms with Gasteiger partial charge in [-0.2, -0.15) is 0 Å². The molecule has 1 atom stereocenters. The molecule has 1 unspecified atom stereocenters. The lowest BCUT2D eigenvalue weighted by molar-refractivity contribution is 0.0691. The van der Waals surface area contributed by atoms with E-state index in [-0.39, 0.29) is 11.8 Å². The summed E-state index contributed by atoms with van der Waals surface area (Å²) in [6, 6.07) is 1.59. The molecule has 102 valence electrons. The van der Waals surface area contributed by atoms with Gasteiger partial charge in [-0.1, -0.05) is 13.3 Å². The number of thiazole rings is 1. The van der Waals surface area contributed by atoms with E-state index in [4.69, 9.17) is 9.84 Å². The smallest absolute Gasteiger partial charge is 0.352 e. The summed E-state index contributed by atoms with van der Waals surface area (Å²) in [6.07, 6.45) is 3.63. The second kappa shape index (κ2) is 5.99. The highest BCUT2D eigenvalue weighted by Gasteiger charge is 2.16. The fraction of sp³-hybridized carbons (Fsp3) is 0.385. The summed E-state index contributed by atoms with van der Waals surface area (Å²) >= 11 is 1.54. The first-order chi connectivity index (χ1) is 9.15. The Labute approximate surface area is 115 Å². The van der Waals surface area contributed by atoms with Gasteiger partial charge in [0, 0.05) is 24.3 Å². The van der Waals surface area contributed by atoms with Crippen LogP contribution < -0.4 is 0 Å². The summed E-state index contributed by atoms with van der Waals surface area (Å²) in [7, 11) is 1.68. The van der Waals surface area contributed by atoms with E-state index >= 15 is 0 Å². The summed E-state index contributed by atoms with van der Waals surface area (Å²) in [5.41, 5.74) is 1.73. The average Bonchev–Trinajstić information content (AvgIpc) is 3.03. The molecule has 0 aliphatic heterocycles. The van der Waals surface area contributed by atoms with Gasteiger partial charge in [0.15, 0.2) is 0 Å². The van der Waals surface area contributed by atoms with Crippen LogP contribution in [0.2, 0.25) is 0 Å². The van der Waals surface area contributed by atoms with E-state index in [1.54, 1.807) is 19.4 Å². The number of methoxy groups -OCH3 is 1. The number of carboxylic acid groups (broad SMARTS) is 1. The van der Waals surface area contributed by atoms with E-state index in [2.05, 4.69) is 16.9 Å². The van der Waals surface area contributed by atoms with Gasteiger partial charge in [0.05, 0.1) is 5.69 Å². The Morgan fingerprint density at radius 2 is 2.42 bits per heavy atom. The van der Waals surface area contributed by atoms with Gasteiger partial charge in [0.25, 0.3) is 0 Å². The Morgan fingerprint density at radius 1 is 1.63 bits per heavy atom. The molecule has 5 nitrogen and oxygen atoms in total. The fourth-order valence-corrected chi connectivity index (χ4v) is 2.78. The van der Waals surface area contributed by atoms with Crippen LogP contribution in [-0.4, -0.2) is 28.2 Å². The predicted octanol–water partition coefficient (Wildman–Crippen LogP) is 3.32. The number of hydrogen-bond donors (Lipinski definition) is 2. The minimum Gasteiger partial charge on any atom is -0.477 e. The van der Waals surface area contributed by atoms with Crippen LogP contribution in [-0.2, 0) is 4.74 Å². The van der Waals surface area contributed by atoms with E-state index in [0.717, 1.165) is 29.1 Å². The van der Waals surface area contributed by atoms with Gasteiger partial charge in [0.1, 0.15) is 16.8 Å². The summed E-state index contributed by atoms with van der Waals surface area (Å²) in [5, 5.41) is 11.7. The quantitative estimate of drug-likeness (QED) is 0.851. The number of nitrogens with one attached hydrogen (secondary N) is 1. The van der Waals surface area contributed by atoms with E-state index < -0.39 is 5.97 Å². The molecule has 0 aliphatic rings. The molecule has 0 bridgehead atoms. The summed E-state index contributed by atoms with van der Waals surface area (Å²) in [4.78, 5) is 18.1. The van der Waals surface area contributed by atoms with Crippen molar-refractivity contribution in [2.24, 2.45) is 0 Å². The zero-order valence-corrected chi connectivity index (χ0v) is 11.7. The third-order valence-electron chi connectivity index (χ3n) is 2.84. The highest BCUT2D eigenvalue weighted by Crippen LogP contribution is 2.29. The Balaban J connectivity index is 2.21. The number of aromatic carboxylic acids is 1. The third kappa shape index (κ3) is 3.02. The Kier molecular flexibility index (Phi) is 4.34. The molecule has 2 aromatic heterocycles. The van der Waals surface area contributed by atoms with Crippen LogP contribution in [0, 0.1) is 0 Å². The van der Waals surface area contributed by atoms with E-state index in [1.165, 1.54) is 11.3 Å². The van der Waals surface area contributed by atoms with Crippen LogP contribution in [0.15, 0.2) is 17.6 Å². The Morgan fingerprint density at radius 3 is 3.00 bits per heavy atom. The minimum absolute atomic E-state index is 0.0154. The maximum atomic E-state index is 10.8. The van der Waals surface area contributed by atoms with Gasteiger partial charge >= 0.3 is 5.97 Å². The van der Waals surface area contributed by atoms with E-state index in [0.29, 0.717) is 0 Å². The number of ether oxygens (including phenoxy) is 1. The first-order valence-electron chi connectivity index (χ1n) is 6.06. The molecule has 2 rings (SSSR count). The molecule has 2 aromatic rings.